The van der Waals surface area contributed by atoms with Gasteiger partial charge in [-0.15, -0.1) is 0 Å². The predicted molar refractivity (Wildman–Crippen MR) is 92.2 cm³/mol. The van der Waals surface area contributed by atoms with Gasteiger partial charge in [0.1, 0.15) is 0 Å². The summed E-state index contributed by atoms with van der Waals surface area (Å²) in [7, 11) is 0. The van der Waals surface area contributed by atoms with Gasteiger partial charge in [-0.2, -0.15) is 0 Å². The van der Waals surface area contributed by atoms with Crippen LogP contribution in [-0.2, 0) is 9.63 Å². The van der Waals surface area contributed by atoms with E-state index in [1.165, 1.54) is 0 Å². The van der Waals surface area contributed by atoms with Crippen LogP contribution in [0.2, 0.25) is 0 Å². The highest BCUT2D eigenvalue weighted by Crippen LogP contribution is 2.19. The minimum absolute atomic E-state index is 0.127. The molecule has 22 heavy (non-hydrogen) atoms. The lowest BCUT2D eigenvalue weighted by Gasteiger charge is -2.08. The van der Waals surface area contributed by atoms with Crippen molar-refractivity contribution in [1.29, 1.82) is 0 Å². The van der Waals surface area contributed by atoms with Crippen molar-refractivity contribution in [2.75, 3.05) is 11.9 Å². The first-order chi connectivity index (χ1) is 10.6. The highest BCUT2D eigenvalue weighted by atomic mass is 79.9. The molecule has 0 aromatic heterocycles. The molecule has 0 unspecified atom stereocenters. The van der Waals surface area contributed by atoms with Crippen molar-refractivity contribution < 1.29 is 9.63 Å². The summed E-state index contributed by atoms with van der Waals surface area (Å²) < 4.78 is 0.974. The molecule has 2 aromatic rings. The van der Waals surface area contributed by atoms with E-state index < -0.39 is 0 Å². The van der Waals surface area contributed by atoms with E-state index in [1.54, 1.807) is 6.21 Å². The number of benzene rings is 2. The van der Waals surface area contributed by atoms with Crippen molar-refractivity contribution in [2.24, 2.45) is 5.16 Å². The average Bonchev–Trinajstić information content (AvgIpc) is 2.48. The second-order valence-electron chi connectivity index (χ2n) is 4.87. The maximum Gasteiger partial charge on any atom is 0.265 e. The molecular weight excluding hydrogens is 344 g/mol. The maximum atomic E-state index is 11.8. The Bertz CT molecular complexity index is 699. The Morgan fingerprint density at radius 2 is 2.00 bits per heavy atom. The molecule has 0 bridgehead atoms. The summed E-state index contributed by atoms with van der Waals surface area (Å²) in [5.41, 5.74) is 3.81. The molecule has 4 nitrogen and oxygen atoms in total. The fourth-order valence-corrected chi connectivity index (χ4v) is 2.35. The third-order valence-corrected chi connectivity index (χ3v) is 3.61. The summed E-state index contributed by atoms with van der Waals surface area (Å²) in [5, 5.41) is 6.62. The molecule has 0 fully saturated rings. The van der Waals surface area contributed by atoms with Gasteiger partial charge in [0.25, 0.3) is 5.91 Å². The molecule has 2 aromatic carbocycles. The number of nitrogens with zero attached hydrogens (tertiary/aromatic N) is 1. The van der Waals surface area contributed by atoms with Gasteiger partial charge in [0, 0.05) is 10.2 Å². The minimum Gasteiger partial charge on any atom is -0.386 e. The molecule has 0 heterocycles. The lowest BCUT2D eigenvalue weighted by Crippen LogP contribution is -2.17. The third-order valence-electron chi connectivity index (χ3n) is 3.11. The van der Waals surface area contributed by atoms with Gasteiger partial charge in [-0.3, -0.25) is 4.79 Å². The number of oxime groups is 1. The van der Waals surface area contributed by atoms with E-state index in [0.717, 1.165) is 26.9 Å². The quantitative estimate of drug-likeness (QED) is 0.645. The molecule has 0 saturated heterocycles. The van der Waals surface area contributed by atoms with Crippen LogP contribution < -0.4 is 5.32 Å². The second kappa shape index (κ2) is 7.75. The Hall–Kier alpha value is -2.14. The van der Waals surface area contributed by atoms with Crippen molar-refractivity contribution in [1.82, 2.24) is 0 Å². The molecule has 0 aliphatic heterocycles. The zero-order chi connectivity index (χ0) is 15.9. The van der Waals surface area contributed by atoms with Gasteiger partial charge in [-0.25, -0.2) is 0 Å². The van der Waals surface area contributed by atoms with E-state index in [2.05, 4.69) is 26.4 Å². The predicted octanol–water partition coefficient (Wildman–Crippen LogP) is 4.06. The smallest absolute Gasteiger partial charge is 0.265 e. The fraction of sp³-hybridized carbons (Fsp3) is 0.176. The first kappa shape index (κ1) is 16.2. The number of nitrogens with one attached hydrogen (secondary N) is 1. The fourth-order valence-electron chi connectivity index (χ4n) is 1.88. The van der Waals surface area contributed by atoms with Crippen LogP contribution >= 0.6 is 15.9 Å². The highest BCUT2D eigenvalue weighted by Gasteiger charge is 2.05. The Morgan fingerprint density at radius 1 is 1.23 bits per heavy atom. The summed E-state index contributed by atoms with van der Waals surface area (Å²) in [6.45, 7) is 3.79. The van der Waals surface area contributed by atoms with Crippen LogP contribution in [0.4, 0.5) is 5.69 Å². The van der Waals surface area contributed by atoms with Crippen molar-refractivity contribution in [3.63, 3.8) is 0 Å². The Kier molecular flexibility index (Phi) is 5.72. The Balaban J connectivity index is 1.84. The monoisotopic (exact) mass is 360 g/mol. The summed E-state index contributed by atoms with van der Waals surface area (Å²) >= 11 is 3.39. The van der Waals surface area contributed by atoms with Crippen LogP contribution in [0.25, 0.3) is 0 Å². The van der Waals surface area contributed by atoms with Crippen molar-refractivity contribution in [3.05, 3.63) is 63.6 Å². The number of rotatable bonds is 5. The zero-order valence-electron chi connectivity index (χ0n) is 12.5. The van der Waals surface area contributed by atoms with Crippen molar-refractivity contribution in [3.8, 4) is 0 Å². The molecule has 0 spiro atoms. The number of aryl methyl sites for hydroxylation is 2. The van der Waals surface area contributed by atoms with Crippen molar-refractivity contribution in [2.45, 2.75) is 13.8 Å². The largest absolute Gasteiger partial charge is 0.386 e. The third kappa shape index (κ3) is 4.70. The number of amides is 1. The summed E-state index contributed by atoms with van der Waals surface area (Å²) in [6.07, 6.45) is 1.60. The van der Waals surface area contributed by atoms with Crippen LogP contribution in [0, 0.1) is 13.8 Å². The first-order valence-corrected chi connectivity index (χ1v) is 7.62. The SMILES string of the molecule is Cc1ccccc1/C=N\OCC(=O)Nc1ccc(Br)cc1C. The lowest BCUT2D eigenvalue weighted by atomic mass is 10.1. The number of carbonyl (C=O) groups is 1. The van der Waals surface area contributed by atoms with E-state index >= 15 is 0 Å². The average molecular weight is 361 g/mol. The number of carbonyl (C=O) groups excluding carboxylic acids is 1. The van der Waals surface area contributed by atoms with Gasteiger partial charge >= 0.3 is 0 Å². The van der Waals surface area contributed by atoms with Gasteiger partial charge in [0.15, 0.2) is 6.61 Å². The van der Waals surface area contributed by atoms with Crippen LogP contribution in [0.1, 0.15) is 16.7 Å². The van der Waals surface area contributed by atoms with Crippen LogP contribution in [0.15, 0.2) is 52.1 Å². The number of hydrogen-bond acceptors (Lipinski definition) is 3. The van der Waals surface area contributed by atoms with E-state index in [9.17, 15) is 4.79 Å². The highest BCUT2D eigenvalue weighted by molar-refractivity contribution is 9.10. The van der Waals surface area contributed by atoms with Crippen LogP contribution in [0.5, 0.6) is 0 Å². The number of anilines is 1. The topological polar surface area (TPSA) is 50.7 Å². The van der Waals surface area contributed by atoms with E-state index in [0.29, 0.717) is 0 Å². The molecule has 0 saturated carbocycles. The molecule has 1 amide bonds. The van der Waals surface area contributed by atoms with Gasteiger partial charge in [-0.1, -0.05) is 45.4 Å². The standard InChI is InChI=1S/C17H17BrN2O2/c1-12-5-3-4-6-14(12)10-19-22-11-17(21)20-16-8-7-15(18)9-13(16)2/h3-10H,11H2,1-2H3,(H,20,21)/b19-10-. The summed E-state index contributed by atoms with van der Waals surface area (Å²) in [6, 6.07) is 13.5. The molecule has 0 radical (unpaired) electrons. The molecule has 0 aliphatic rings. The second-order valence-corrected chi connectivity index (χ2v) is 5.79. The lowest BCUT2D eigenvalue weighted by molar-refractivity contribution is -0.120. The minimum atomic E-state index is -0.243. The van der Waals surface area contributed by atoms with Crippen molar-refractivity contribution >= 4 is 33.7 Å². The maximum absolute atomic E-state index is 11.8. The van der Waals surface area contributed by atoms with Crippen LogP contribution in [0.3, 0.4) is 0 Å². The molecular formula is C17H17BrN2O2. The number of halogens is 1. The summed E-state index contributed by atoms with van der Waals surface area (Å²) in [5.74, 6) is -0.243. The Morgan fingerprint density at radius 3 is 2.73 bits per heavy atom. The zero-order valence-corrected chi connectivity index (χ0v) is 14.1. The van der Waals surface area contributed by atoms with Gasteiger partial charge < -0.3 is 10.2 Å². The Labute approximate surface area is 138 Å². The number of hydrogen-bond donors (Lipinski definition) is 1. The van der Waals surface area contributed by atoms with Gasteiger partial charge in [0.05, 0.1) is 6.21 Å². The van der Waals surface area contributed by atoms with Crippen LogP contribution in [-0.4, -0.2) is 18.7 Å². The van der Waals surface area contributed by atoms with E-state index in [-0.39, 0.29) is 12.5 Å². The normalized spacial score (nSPS) is 10.7. The van der Waals surface area contributed by atoms with Gasteiger partial charge in [0.2, 0.25) is 0 Å². The molecule has 1 N–H and O–H groups in total. The molecule has 0 atom stereocenters. The molecule has 5 heteroatoms. The molecule has 2 rings (SSSR count). The molecule has 0 aliphatic carbocycles. The van der Waals surface area contributed by atoms with E-state index in [1.807, 2.05) is 56.3 Å². The summed E-state index contributed by atoms with van der Waals surface area (Å²) in [4.78, 5) is 16.8. The molecule has 114 valence electrons. The van der Waals surface area contributed by atoms with Gasteiger partial charge in [-0.05, 0) is 48.7 Å². The van der Waals surface area contributed by atoms with E-state index in [4.69, 9.17) is 4.84 Å². The first-order valence-electron chi connectivity index (χ1n) is 6.83.